The van der Waals surface area contributed by atoms with Crippen molar-refractivity contribution in [1.82, 2.24) is 4.57 Å². The van der Waals surface area contributed by atoms with Gasteiger partial charge in [-0.3, -0.25) is 4.79 Å². The highest BCUT2D eigenvalue weighted by Gasteiger charge is 2.78. The smallest absolute Gasteiger partial charge is 0.333 e. The van der Waals surface area contributed by atoms with Gasteiger partial charge in [-0.25, -0.2) is 9.79 Å². The van der Waals surface area contributed by atoms with Crippen LogP contribution in [0.5, 0.6) is 0 Å². The Morgan fingerprint density at radius 1 is 1.50 bits per heavy atom. The van der Waals surface area contributed by atoms with Crippen LogP contribution in [0.1, 0.15) is 37.1 Å². The van der Waals surface area contributed by atoms with Gasteiger partial charge in [-0.15, -0.1) is 0 Å². The second-order valence-electron chi connectivity index (χ2n) is 5.90. The Bertz CT molecular complexity index is 784. The number of rotatable bonds is 3. The predicted molar refractivity (Wildman–Crippen MR) is 79.1 cm³/mol. The van der Waals surface area contributed by atoms with Gasteiger partial charge in [0.2, 0.25) is 0 Å². The van der Waals surface area contributed by atoms with Crippen molar-refractivity contribution >= 4 is 23.8 Å². The number of nitrogens with zero attached hydrogens (tertiary/aromatic N) is 3. The summed E-state index contributed by atoms with van der Waals surface area (Å²) in [5, 5.41) is 9.37. The van der Waals surface area contributed by atoms with Gasteiger partial charge in [0.05, 0.1) is 12.2 Å². The first-order valence-corrected chi connectivity index (χ1v) is 7.23. The number of ether oxygens (including phenoxy) is 1. The molecule has 114 valence electrons. The van der Waals surface area contributed by atoms with Crippen LogP contribution in [0.2, 0.25) is 0 Å². The first-order valence-electron chi connectivity index (χ1n) is 7.23. The molecule has 0 radical (unpaired) electrons. The Balaban J connectivity index is 2.31. The van der Waals surface area contributed by atoms with E-state index in [1.165, 1.54) is 13.1 Å². The number of esters is 1. The fourth-order valence-corrected chi connectivity index (χ4v) is 3.57. The summed E-state index contributed by atoms with van der Waals surface area (Å²) in [5.74, 6) is -0.0978. The first-order chi connectivity index (χ1) is 10.4. The molecule has 1 saturated carbocycles. The van der Waals surface area contributed by atoms with Gasteiger partial charge in [0.25, 0.3) is 0 Å². The van der Waals surface area contributed by atoms with Crippen LogP contribution in [0.25, 0.3) is 0 Å². The quantitative estimate of drug-likeness (QED) is 0.798. The summed E-state index contributed by atoms with van der Waals surface area (Å²) in [6.07, 6.45) is 1.87. The van der Waals surface area contributed by atoms with E-state index in [9.17, 15) is 14.9 Å². The standard InChI is InChI=1S/C16H17N3O3/c1-5-22-14(21)16-7-15(16,11(4)20)8-18-13-12(6-17)9(2)10(3)19(13)16/h8H,5,7H2,1-4H3. The summed E-state index contributed by atoms with van der Waals surface area (Å²) < 4.78 is 6.98. The Labute approximate surface area is 128 Å². The number of aliphatic imine (C=N–C) groups is 1. The average molecular weight is 299 g/mol. The summed E-state index contributed by atoms with van der Waals surface area (Å²) in [7, 11) is 0. The van der Waals surface area contributed by atoms with E-state index in [0.717, 1.165) is 11.3 Å². The molecule has 1 fully saturated rings. The predicted octanol–water partition coefficient (Wildman–Crippen LogP) is 1.93. The molecule has 1 aromatic heterocycles. The van der Waals surface area contributed by atoms with Gasteiger partial charge < -0.3 is 9.30 Å². The Morgan fingerprint density at radius 2 is 2.18 bits per heavy atom. The second kappa shape index (κ2) is 4.29. The van der Waals surface area contributed by atoms with Crippen LogP contribution in [-0.2, 0) is 19.9 Å². The monoisotopic (exact) mass is 299 g/mol. The molecular weight excluding hydrogens is 282 g/mol. The zero-order valence-corrected chi connectivity index (χ0v) is 13.1. The normalized spacial score (nSPS) is 27.6. The second-order valence-corrected chi connectivity index (χ2v) is 5.90. The first kappa shape index (κ1) is 14.5. The Kier molecular flexibility index (Phi) is 2.83. The lowest BCUT2D eigenvalue weighted by molar-refractivity contribution is -0.151. The molecule has 2 heterocycles. The topological polar surface area (TPSA) is 84.5 Å². The summed E-state index contributed by atoms with van der Waals surface area (Å²) in [6, 6.07) is 2.14. The average Bonchev–Trinajstić information content (AvgIpc) is 3.13. The minimum atomic E-state index is -1.09. The van der Waals surface area contributed by atoms with Crippen LogP contribution < -0.4 is 0 Å². The molecule has 0 N–H and O–H groups in total. The maximum Gasteiger partial charge on any atom is 0.333 e. The lowest BCUT2D eigenvalue weighted by Crippen LogP contribution is -2.41. The van der Waals surface area contributed by atoms with Crippen LogP contribution in [0.4, 0.5) is 5.82 Å². The van der Waals surface area contributed by atoms with Gasteiger partial charge in [0, 0.05) is 18.3 Å². The van der Waals surface area contributed by atoms with Crippen molar-refractivity contribution in [3.05, 3.63) is 16.8 Å². The summed E-state index contributed by atoms with van der Waals surface area (Å²) >= 11 is 0. The number of hydrogen-bond acceptors (Lipinski definition) is 5. The fraction of sp³-hybridized carbons (Fsp3) is 0.500. The number of fused-ring (bicyclic) bond motifs is 3. The Morgan fingerprint density at radius 3 is 2.73 bits per heavy atom. The number of Topliss-reactive ketones (excluding diaryl/α,β-unsaturated/α-hetero) is 1. The molecule has 0 spiro atoms. The summed E-state index contributed by atoms with van der Waals surface area (Å²) in [6.45, 7) is 7.11. The largest absolute Gasteiger partial charge is 0.464 e. The molecule has 3 rings (SSSR count). The van der Waals surface area contributed by atoms with E-state index < -0.39 is 16.9 Å². The molecule has 6 nitrogen and oxygen atoms in total. The van der Waals surface area contributed by atoms with Gasteiger partial charge in [0.1, 0.15) is 17.3 Å². The van der Waals surface area contributed by atoms with Crippen LogP contribution in [0.3, 0.4) is 0 Å². The third-order valence-electron chi connectivity index (χ3n) is 4.98. The van der Waals surface area contributed by atoms with Gasteiger partial charge in [0.15, 0.2) is 11.4 Å². The number of aromatic nitrogens is 1. The molecule has 6 heteroatoms. The molecule has 2 atom stereocenters. The van der Waals surface area contributed by atoms with E-state index in [1.54, 1.807) is 11.5 Å². The van der Waals surface area contributed by atoms with Crippen molar-refractivity contribution in [3.8, 4) is 6.07 Å². The van der Waals surface area contributed by atoms with E-state index in [4.69, 9.17) is 4.74 Å². The third-order valence-corrected chi connectivity index (χ3v) is 4.98. The number of hydrogen-bond donors (Lipinski definition) is 0. The van der Waals surface area contributed by atoms with Crippen molar-refractivity contribution in [1.29, 1.82) is 5.26 Å². The van der Waals surface area contributed by atoms with Crippen molar-refractivity contribution in [2.75, 3.05) is 6.61 Å². The molecule has 1 aromatic rings. The highest BCUT2D eigenvalue weighted by Crippen LogP contribution is 2.66. The van der Waals surface area contributed by atoms with Crippen molar-refractivity contribution in [2.24, 2.45) is 10.4 Å². The molecule has 22 heavy (non-hydrogen) atoms. The lowest BCUT2D eigenvalue weighted by atomic mass is 9.94. The van der Waals surface area contributed by atoms with E-state index >= 15 is 0 Å². The van der Waals surface area contributed by atoms with E-state index in [-0.39, 0.29) is 12.4 Å². The van der Waals surface area contributed by atoms with Crippen LogP contribution in [0, 0.1) is 30.6 Å². The Hall–Kier alpha value is -2.42. The van der Waals surface area contributed by atoms with Gasteiger partial charge in [-0.2, -0.15) is 5.26 Å². The molecule has 1 aliphatic heterocycles. The molecule has 2 aliphatic rings. The van der Waals surface area contributed by atoms with E-state index in [1.807, 2.05) is 13.8 Å². The van der Waals surface area contributed by atoms with Crippen molar-refractivity contribution < 1.29 is 14.3 Å². The molecule has 1 aliphatic carbocycles. The number of ketones is 1. The van der Waals surface area contributed by atoms with Crippen molar-refractivity contribution in [2.45, 2.75) is 39.7 Å². The molecule has 0 bridgehead atoms. The third kappa shape index (κ3) is 1.36. The van der Waals surface area contributed by atoms with Gasteiger partial charge >= 0.3 is 5.97 Å². The fourth-order valence-electron chi connectivity index (χ4n) is 3.57. The number of nitriles is 1. The highest BCUT2D eigenvalue weighted by molar-refractivity contribution is 6.12. The van der Waals surface area contributed by atoms with Crippen LogP contribution in [-0.4, -0.2) is 29.1 Å². The van der Waals surface area contributed by atoms with E-state index in [2.05, 4.69) is 11.1 Å². The highest BCUT2D eigenvalue weighted by atomic mass is 16.5. The molecule has 0 aromatic carbocycles. The zero-order valence-electron chi connectivity index (χ0n) is 13.1. The SMILES string of the molecule is CCOC(=O)C12CC1(C(C)=O)C=Nc1c(C#N)c(C)c(C)n12. The molecular formula is C16H17N3O3. The number of carbonyl (C=O) groups is 2. The van der Waals surface area contributed by atoms with Crippen molar-refractivity contribution in [3.63, 3.8) is 0 Å². The van der Waals surface area contributed by atoms with E-state index in [0.29, 0.717) is 17.8 Å². The minimum Gasteiger partial charge on any atom is -0.464 e. The van der Waals surface area contributed by atoms with Gasteiger partial charge in [-0.05, 0) is 33.3 Å². The summed E-state index contributed by atoms with van der Waals surface area (Å²) in [4.78, 5) is 29.2. The maximum absolute atomic E-state index is 12.7. The van der Waals surface area contributed by atoms with Crippen LogP contribution in [0.15, 0.2) is 4.99 Å². The minimum absolute atomic E-state index is 0.112. The lowest BCUT2D eigenvalue weighted by Gasteiger charge is -2.27. The maximum atomic E-state index is 12.7. The molecule has 0 saturated heterocycles. The van der Waals surface area contributed by atoms with Gasteiger partial charge in [-0.1, -0.05) is 0 Å². The molecule has 2 unspecified atom stereocenters. The van der Waals surface area contributed by atoms with Crippen LogP contribution >= 0.6 is 0 Å². The zero-order chi connectivity index (χ0) is 16.3. The molecule has 0 amide bonds. The summed E-state index contributed by atoms with van der Waals surface area (Å²) in [5.41, 5.74) is -0.0314. The number of carbonyl (C=O) groups excluding carboxylic acids is 2.